The summed E-state index contributed by atoms with van der Waals surface area (Å²) in [6, 6.07) is 0.674. The molecule has 3 heterocycles. The molecule has 0 amide bonds. The predicted octanol–water partition coefficient (Wildman–Crippen LogP) is 2.01. The molecule has 2 aliphatic rings. The summed E-state index contributed by atoms with van der Waals surface area (Å²) in [4.78, 5) is 2.63. The van der Waals surface area contributed by atoms with E-state index in [4.69, 9.17) is 0 Å². The van der Waals surface area contributed by atoms with Gasteiger partial charge in [0, 0.05) is 25.7 Å². The maximum atomic E-state index is 4.60. The topological polar surface area (TPSA) is 33.1 Å². The number of rotatable bonds is 3. The van der Waals surface area contributed by atoms with Gasteiger partial charge in [-0.1, -0.05) is 0 Å². The summed E-state index contributed by atoms with van der Waals surface area (Å²) < 4.78 is 3.33. The molecule has 0 radical (unpaired) electrons. The van der Waals surface area contributed by atoms with Gasteiger partial charge in [0.05, 0.1) is 15.9 Å². The van der Waals surface area contributed by atoms with Crippen LogP contribution >= 0.6 is 15.9 Å². The van der Waals surface area contributed by atoms with Gasteiger partial charge in [-0.15, -0.1) is 0 Å². The Morgan fingerprint density at radius 2 is 2.21 bits per heavy atom. The van der Waals surface area contributed by atoms with Crippen molar-refractivity contribution in [1.82, 2.24) is 20.0 Å². The average molecular weight is 327 g/mol. The first-order chi connectivity index (χ1) is 9.11. The van der Waals surface area contributed by atoms with Crippen molar-refractivity contribution >= 4 is 15.9 Å². The summed E-state index contributed by atoms with van der Waals surface area (Å²) in [5.41, 5.74) is 2.44. The summed E-state index contributed by atoms with van der Waals surface area (Å²) >= 11 is 3.71. The second-order valence-electron chi connectivity index (χ2n) is 5.91. The van der Waals surface area contributed by atoms with E-state index >= 15 is 0 Å². The Morgan fingerprint density at radius 3 is 2.89 bits per heavy atom. The molecule has 2 fully saturated rings. The van der Waals surface area contributed by atoms with Crippen molar-refractivity contribution in [1.29, 1.82) is 0 Å². The number of hydrogen-bond donors (Lipinski definition) is 1. The molecule has 2 aliphatic heterocycles. The van der Waals surface area contributed by atoms with Crippen molar-refractivity contribution in [3.8, 4) is 0 Å². The Labute approximate surface area is 123 Å². The first-order valence-electron chi connectivity index (χ1n) is 7.28. The van der Waals surface area contributed by atoms with Gasteiger partial charge in [0.1, 0.15) is 0 Å². The molecular formula is C14H23BrN4. The largest absolute Gasteiger partial charge is 0.316 e. The number of aromatic nitrogens is 2. The van der Waals surface area contributed by atoms with Gasteiger partial charge in [-0.05, 0) is 61.6 Å². The summed E-state index contributed by atoms with van der Waals surface area (Å²) in [6.07, 6.45) is 0. The lowest BCUT2D eigenvalue weighted by Gasteiger charge is -2.24. The van der Waals surface area contributed by atoms with E-state index < -0.39 is 0 Å². The minimum atomic E-state index is 0.674. The normalized spacial score (nSPS) is 31.1. The molecule has 0 bridgehead atoms. The third kappa shape index (κ3) is 2.26. The quantitative estimate of drug-likeness (QED) is 0.922. The highest BCUT2D eigenvalue weighted by atomic mass is 79.9. The fourth-order valence-electron chi connectivity index (χ4n) is 3.68. The van der Waals surface area contributed by atoms with Crippen molar-refractivity contribution in [2.45, 2.75) is 39.9 Å². The van der Waals surface area contributed by atoms with Crippen molar-refractivity contribution in [2.24, 2.45) is 11.8 Å². The summed E-state index contributed by atoms with van der Waals surface area (Å²) in [6.45, 7) is 12.2. The van der Waals surface area contributed by atoms with Crippen LogP contribution in [0.25, 0.3) is 0 Å². The summed E-state index contributed by atoms with van der Waals surface area (Å²) in [5.74, 6) is 1.67. The first kappa shape index (κ1) is 13.6. The molecule has 0 spiro atoms. The summed E-state index contributed by atoms with van der Waals surface area (Å²) in [5, 5.41) is 8.12. The van der Waals surface area contributed by atoms with Crippen molar-refractivity contribution in [3.63, 3.8) is 0 Å². The van der Waals surface area contributed by atoms with Gasteiger partial charge < -0.3 is 5.32 Å². The second-order valence-corrected chi connectivity index (χ2v) is 6.71. The fraction of sp³-hybridized carbons (Fsp3) is 0.786. The molecular weight excluding hydrogens is 304 g/mol. The van der Waals surface area contributed by atoms with E-state index in [0.717, 1.165) is 30.6 Å². The van der Waals surface area contributed by atoms with Crippen molar-refractivity contribution < 1.29 is 0 Å². The van der Waals surface area contributed by atoms with E-state index in [1.54, 1.807) is 0 Å². The molecule has 0 saturated carbocycles. The predicted molar refractivity (Wildman–Crippen MR) is 80.1 cm³/mol. The molecule has 5 heteroatoms. The third-order valence-corrected chi connectivity index (χ3v) is 5.89. The molecule has 3 atom stereocenters. The van der Waals surface area contributed by atoms with Crippen LogP contribution in [0, 0.1) is 18.8 Å². The molecule has 19 heavy (non-hydrogen) atoms. The fourth-order valence-corrected chi connectivity index (χ4v) is 4.09. The number of nitrogens with one attached hydrogen (secondary N) is 1. The zero-order chi connectivity index (χ0) is 13.6. The number of likely N-dealkylation sites (tertiary alicyclic amines) is 1. The second kappa shape index (κ2) is 5.19. The zero-order valence-corrected chi connectivity index (χ0v) is 13.6. The van der Waals surface area contributed by atoms with Gasteiger partial charge in [-0.3, -0.25) is 9.58 Å². The van der Waals surface area contributed by atoms with Gasteiger partial charge in [0.2, 0.25) is 0 Å². The van der Waals surface area contributed by atoms with Crippen LogP contribution in [0.15, 0.2) is 4.47 Å². The van der Waals surface area contributed by atoms with Crippen LogP contribution < -0.4 is 5.32 Å². The van der Waals surface area contributed by atoms with Crippen molar-refractivity contribution in [2.75, 3.05) is 19.6 Å². The maximum Gasteiger partial charge on any atom is 0.0739 e. The standard InChI is InChI=1S/C14H23BrN4/c1-4-19-13(14(15)9(2)17-19)8-18-7-11-5-16-6-12(11)10(18)3/h10-12,16H,4-8H2,1-3H3. The number of fused-ring (bicyclic) bond motifs is 1. The van der Waals surface area contributed by atoms with E-state index in [2.05, 4.69) is 56.7 Å². The molecule has 4 nitrogen and oxygen atoms in total. The van der Waals surface area contributed by atoms with Crippen LogP contribution in [0.3, 0.4) is 0 Å². The molecule has 3 rings (SSSR count). The molecule has 3 unspecified atom stereocenters. The van der Waals surface area contributed by atoms with Gasteiger partial charge in [-0.25, -0.2) is 0 Å². The lowest BCUT2D eigenvalue weighted by atomic mass is 9.95. The van der Waals surface area contributed by atoms with E-state index in [-0.39, 0.29) is 0 Å². The monoisotopic (exact) mass is 326 g/mol. The number of halogens is 1. The van der Waals surface area contributed by atoms with E-state index in [0.29, 0.717) is 6.04 Å². The Bertz CT molecular complexity index is 470. The zero-order valence-electron chi connectivity index (χ0n) is 12.0. The highest BCUT2D eigenvalue weighted by Crippen LogP contribution is 2.34. The van der Waals surface area contributed by atoms with E-state index in [9.17, 15) is 0 Å². The Kier molecular flexibility index (Phi) is 3.71. The van der Waals surface area contributed by atoms with Crippen LogP contribution in [0.1, 0.15) is 25.2 Å². The first-order valence-corrected chi connectivity index (χ1v) is 8.07. The molecule has 0 aromatic carbocycles. The molecule has 2 saturated heterocycles. The van der Waals surface area contributed by atoms with Gasteiger partial charge in [0.25, 0.3) is 0 Å². The van der Waals surface area contributed by atoms with Gasteiger partial charge in [0.15, 0.2) is 0 Å². The van der Waals surface area contributed by atoms with Crippen molar-refractivity contribution in [3.05, 3.63) is 15.9 Å². The van der Waals surface area contributed by atoms with Crippen LogP contribution in [0.2, 0.25) is 0 Å². The van der Waals surface area contributed by atoms with E-state index in [1.807, 2.05) is 0 Å². The lowest BCUT2D eigenvalue weighted by Crippen LogP contribution is -2.33. The Hall–Kier alpha value is -0.390. The van der Waals surface area contributed by atoms with Crippen LogP contribution in [-0.4, -0.2) is 40.4 Å². The number of aryl methyl sites for hydroxylation is 2. The van der Waals surface area contributed by atoms with Gasteiger partial charge >= 0.3 is 0 Å². The lowest BCUT2D eigenvalue weighted by molar-refractivity contribution is 0.224. The number of nitrogens with zero attached hydrogens (tertiary/aromatic N) is 3. The van der Waals surface area contributed by atoms with Crippen LogP contribution in [-0.2, 0) is 13.1 Å². The SMILES string of the molecule is CCn1nc(C)c(Br)c1CN1CC2CNCC2C1C. The highest BCUT2D eigenvalue weighted by molar-refractivity contribution is 9.10. The smallest absolute Gasteiger partial charge is 0.0739 e. The van der Waals surface area contributed by atoms with Crippen LogP contribution in [0.5, 0.6) is 0 Å². The minimum absolute atomic E-state index is 0.674. The molecule has 1 aromatic heterocycles. The molecule has 0 aliphatic carbocycles. The third-order valence-electron chi connectivity index (χ3n) is 4.86. The molecule has 1 N–H and O–H groups in total. The Morgan fingerprint density at radius 1 is 1.42 bits per heavy atom. The average Bonchev–Trinajstić information content (AvgIpc) is 3.03. The minimum Gasteiger partial charge on any atom is -0.316 e. The molecule has 1 aromatic rings. The van der Waals surface area contributed by atoms with Crippen LogP contribution in [0.4, 0.5) is 0 Å². The maximum absolute atomic E-state index is 4.60. The Balaban J connectivity index is 1.79. The number of hydrogen-bond acceptors (Lipinski definition) is 3. The molecule has 106 valence electrons. The highest BCUT2D eigenvalue weighted by Gasteiger charge is 2.41. The summed E-state index contributed by atoms with van der Waals surface area (Å²) in [7, 11) is 0. The van der Waals surface area contributed by atoms with Gasteiger partial charge in [-0.2, -0.15) is 5.10 Å². The van der Waals surface area contributed by atoms with E-state index in [1.165, 1.54) is 29.8 Å².